The third-order valence-electron chi connectivity index (χ3n) is 2.28. The maximum Gasteiger partial charge on any atom is 0.280 e. The minimum Gasteiger partial charge on any atom is -0.395 e. The Kier molecular flexibility index (Phi) is 3.76. The van der Waals surface area contributed by atoms with Gasteiger partial charge in [-0.2, -0.15) is 17.4 Å². The highest BCUT2D eigenvalue weighted by Gasteiger charge is 2.35. The van der Waals surface area contributed by atoms with Gasteiger partial charge in [0.1, 0.15) is 0 Å². The van der Waals surface area contributed by atoms with E-state index >= 15 is 0 Å². The molecule has 1 aliphatic rings. The van der Waals surface area contributed by atoms with Gasteiger partial charge in [0.25, 0.3) is 10.2 Å². The molecular weight excluding hydrogens is 216 g/mol. The van der Waals surface area contributed by atoms with Crippen LogP contribution in [0.1, 0.15) is 33.6 Å². The van der Waals surface area contributed by atoms with E-state index in [1.165, 1.54) is 4.31 Å². The van der Waals surface area contributed by atoms with Gasteiger partial charge in [-0.15, -0.1) is 0 Å². The largest absolute Gasteiger partial charge is 0.395 e. The van der Waals surface area contributed by atoms with Gasteiger partial charge in [-0.25, -0.2) is 0 Å². The first-order chi connectivity index (χ1) is 6.76. The third kappa shape index (κ3) is 3.41. The minimum atomic E-state index is -3.46. The SMILES string of the molecule is CC(C)(C)NS(=O)(=O)N1CCC[C@@H]1CO. The first kappa shape index (κ1) is 12.9. The fraction of sp³-hybridized carbons (Fsp3) is 1.00. The fourth-order valence-electron chi connectivity index (χ4n) is 1.75. The molecule has 0 unspecified atom stereocenters. The van der Waals surface area contributed by atoms with Crippen molar-refractivity contribution >= 4 is 10.2 Å². The lowest BCUT2D eigenvalue weighted by atomic mass is 10.1. The number of aliphatic hydroxyl groups excluding tert-OH is 1. The van der Waals surface area contributed by atoms with Crippen molar-refractivity contribution in [2.24, 2.45) is 0 Å². The summed E-state index contributed by atoms with van der Waals surface area (Å²) in [6, 6.07) is -0.259. The molecule has 1 fully saturated rings. The Morgan fingerprint density at radius 3 is 2.53 bits per heavy atom. The summed E-state index contributed by atoms with van der Waals surface area (Å²) in [6.07, 6.45) is 1.55. The van der Waals surface area contributed by atoms with Crippen LogP contribution in [0.25, 0.3) is 0 Å². The van der Waals surface area contributed by atoms with Crippen LogP contribution in [0.15, 0.2) is 0 Å². The summed E-state index contributed by atoms with van der Waals surface area (Å²) in [5.41, 5.74) is -0.485. The Balaban J connectivity index is 2.77. The van der Waals surface area contributed by atoms with Crippen molar-refractivity contribution in [2.45, 2.75) is 45.2 Å². The molecule has 0 bridgehead atoms. The Hall–Kier alpha value is -0.170. The molecular formula is C9H20N2O3S. The van der Waals surface area contributed by atoms with Crippen LogP contribution < -0.4 is 4.72 Å². The number of nitrogens with one attached hydrogen (secondary N) is 1. The second kappa shape index (κ2) is 4.37. The molecule has 2 N–H and O–H groups in total. The van der Waals surface area contributed by atoms with Gasteiger partial charge in [0.05, 0.1) is 6.61 Å². The molecule has 6 heteroatoms. The van der Waals surface area contributed by atoms with Gasteiger partial charge in [0.2, 0.25) is 0 Å². The highest BCUT2D eigenvalue weighted by Crippen LogP contribution is 2.20. The van der Waals surface area contributed by atoms with Crippen molar-refractivity contribution in [3.63, 3.8) is 0 Å². The van der Waals surface area contributed by atoms with E-state index in [0.717, 1.165) is 12.8 Å². The fourth-order valence-corrected chi connectivity index (χ4v) is 3.58. The second-order valence-corrected chi connectivity index (χ2v) is 6.57. The lowest BCUT2D eigenvalue weighted by Crippen LogP contribution is -2.51. The van der Waals surface area contributed by atoms with E-state index in [4.69, 9.17) is 5.11 Å². The second-order valence-electron chi connectivity index (χ2n) is 4.95. The summed E-state index contributed by atoms with van der Waals surface area (Å²) in [4.78, 5) is 0. The standard InChI is InChI=1S/C9H20N2O3S/c1-9(2,3)10-15(13,14)11-6-4-5-8(11)7-12/h8,10,12H,4-7H2,1-3H3/t8-/m1/s1. The van der Waals surface area contributed by atoms with Crippen LogP contribution in [-0.4, -0.2) is 42.6 Å². The Morgan fingerprint density at radius 2 is 2.07 bits per heavy atom. The predicted molar refractivity (Wildman–Crippen MR) is 58.6 cm³/mol. The van der Waals surface area contributed by atoms with Crippen LogP contribution in [-0.2, 0) is 10.2 Å². The molecule has 90 valence electrons. The van der Waals surface area contributed by atoms with E-state index < -0.39 is 15.7 Å². The first-order valence-corrected chi connectivity index (χ1v) is 6.62. The smallest absolute Gasteiger partial charge is 0.280 e. The number of hydrogen-bond acceptors (Lipinski definition) is 3. The molecule has 0 aliphatic carbocycles. The maximum absolute atomic E-state index is 11.9. The zero-order chi connectivity index (χ0) is 11.7. The molecule has 1 aliphatic heterocycles. The van der Waals surface area contributed by atoms with E-state index in [-0.39, 0.29) is 12.6 Å². The molecule has 1 rings (SSSR count). The highest BCUT2D eigenvalue weighted by molar-refractivity contribution is 7.87. The summed E-state index contributed by atoms with van der Waals surface area (Å²) in [7, 11) is -3.46. The zero-order valence-electron chi connectivity index (χ0n) is 9.52. The van der Waals surface area contributed by atoms with Gasteiger partial charge in [-0.05, 0) is 33.6 Å². The molecule has 1 saturated heterocycles. The molecule has 1 heterocycles. The summed E-state index contributed by atoms with van der Waals surface area (Å²) >= 11 is 0. The number of aliphatic hydroxyl groups is 1. The van der Waals surface area contributed by atoms with Crippen molar-refractivity contribution in [3.05, 3.63) is 0 Å². The van der Waals surface area contributed by atoms with Crippen LogP contribution in [0.5, 0.6) is 0 Å². The lowest BCUT2D eigenvalue weighted by Gasteiger charge is -2.28. The molecule has 0 radical (unpaired) electrons. The van der Waals surface area contributed by atoms with Crippen LogP contribution in [0.2, 0.25) is 0 Å². The summed E-state index contributed by atoms with van der Waals surface area (Å²) < 4.78 is 27.8. The summed E-state index contributed by atoms with van der Waals surface area (Å²) in [5.74, 6) is 0. The van der Waals surface area contributed by atoms with Crippen LogP contribution in [0.4, 0.5) is 0 Å². The molecule has 0 aromatic heterocycles. The van der Waals surface area contributed by atoms with Crippen molar-refractivity contribution in [1.29, 1.82) is 0 Å². The van der Waals surface area contributed by atoms with Crippen molar-refractivity contribution in [1.82, 2.24) is 9.03 Å². The Labute approximate surface area is 91.7 Å². The van der Waals surface area contributed by atoms with Crippen molar-refractivity contribution in [2.75, 3.05) is 13.2 Å². The molecule has 5 nitrogen and oxygen atoms in total. The quantitative estimate of drug-likeness (QED) is 0.729. The van der Waals surface area contributed by atoms with Gasteiger partial charge in [0, 0.05) is 18.1 Å². The van der Waals surface area contributed by atoms with Crippen LogP contribution in [0.3, 0.4) is 0 Å². The molecule has 15 heavy (non-hydrogen) atoms. The predicted octanol–water partition coefficient (Wildman–Crippen LogP) is 0.0760. The maximum atomic E-state index is 11.9. The van der Waals surface area contributed by atoms with E-state index in [1.807, 2.05) is 0 Å². The van der Waals surface area contributed by atoms with E-state index in [0.29, 0.717) is 6.54 Å². The molecule has 0 aromatic rings. The summed E-state index contributed by atoms with van der Waals surface area (Å²) in [5, 5.41) is 9.06. The van der Waals surface area contributed by atoms with Crippen LogP contribution >= 0.6 is 0 Å². The van der Waals surface area contributed by atoms with Gasteiger partial charge in [-0.3, -0.25) is 0 Å². The van der Waals surface area contributed by atoms with Gasteiger partial charge in [-0.1, -0.05) is 0 Å². The van der Waals surface area contributed by atoms with E-state index in [9.17, 15) is 8.42 Å². The molecule has 1 atom stereocenters. The minimum absolute atomic E-state index is 0.106. The number of rotatable bonds is 3. The number of nitrogens with zero attached hydrogens (tertiary/aromatic N) is 1. The molecule has 0 aromatic carbocycles. The van der Waals surface area contributed by atoms with Gasteiger partial charge >= 0.3 is 0 Å². The Bertz CT molecular complexity index is 308. The monoisotopic (exact) mass is 236 g/mol. The van der Waals surface area contributed by atoms with Crippen molar-refractivity contribution < 1.29 is 13.5 Å². The average Bonchev–Trinajstić information content (AvgIpc) is 2.46. The normalized spacial score (nSPS) is 24.7. The highest BCUT2D eigenvalue weighted by atomic mass is 32.2. The zero-order valence-corrected chi connectivity index (χ0v) is 10.3. The molecule has 0 spiro atoms. The van der Waals surface area contributed by atoms with E-state index in [2.05, 4.69) is 4.72 Å². The Morgan fingerprint density at radius 1 is 1.47 bits per heavy atom. The topological polar surface area (TPSA) is 69.6 Å². The lowest BCUT2D eigenvalue weighted by molar-refractivity contribution is 0.211. The van der Waals surface area contributed by atoms with Gasteiger partial charge < -0.3 is 5.11 Å². The summed E-state index contributed by atoms with van der Waals surface area (Å²) in [6.45, 7) is 5.79. The molecule has 0 saturated carbocycles. The first-order valence-electron chi connectivity index (χ1n) is 5.18. The number of hydrogen-bond donors (Lipinski definition) is 2. The van der Waals surface area contributed by atoms with E-state index in [1.54, 1.807) is 20.8 Å². The average molecular weight is 236 g/mol. The third-order valence-corrected chi connectivity index (χ3v) is 4.25. The van der Waals surface area contributed by atoms with Crippen molar-refractivity contribution in [3.8, 4) is 0 Å². The van der Waals surface area contributed by atoms with Crippen LogP contribution in [0, 0.1) is 0 Å². The molecule has 0 amide bonds. The van der Waals surface area contributed by atoms with Gasteiger partial charge in [0.15, 0.2) is 0 Å².